The lowest BCUT2D eigenvalue weighted by molar-refractivity contribution is 0.303. The van der Waals surface area contributed by atoms with Gasteiger partial charge in [-0.3, -0.25) is 0 Å². The van der Waals surface area contributed by atoms with Crippen LogP contribution in [0.25, 0.3) is 0 Å². The Kier molecular flexibility index (Phi) is 1.34. The Bertz CT molecular complexity index is 336. The predicted molar refractivity (Wildman–Crippen MR) is 49.1 cm³/mol. The summed E-state index contributed by atoms with van der Waals surface area (Å²) in [6.07, 6.45) is 2.38. The van der Waals surface area contributed by atoms with Crippen LogP contribution in [0.15, 0.2) is 24.3 Å². The van der Waals surface area contributed by atoms with Crippen molar-refractivity contribution in [1.82, 2.24) is 5.32 Å². The van der Waals surface area contributed by atoms with Crippen molar-refractivity contribution in [3.63, 3.8) is 0 Å². The molecule has 0 amide bonds. The number of rotatable bonds is 1. The van der Waals surface area contributed by atoms with Crippen LogP contribution in [-0.2, 0) is 5.41 Å². The normalized spacial score (nSPS) is 35.9. The number of hydrogen-bond acceptors (Lipinski definition) is 1. The van der Waals surface area contributed by atoms with Gasteiger partial charge < -0.3 is 5.32 Å². The summed E-state index contributed by atoms with van der Waals surface area (Å²) in [5.41, 5.74) is 1.45. The maximum atomic E-state index is 13.0. The molecule has 2 heteroatoms. The summed E-state index contributed by atoms with van der Waals surface area (Å²) in [5, 5.41) is 3.43. The van der Waals surface area contributed by atoms with Crippen molar-refractivity contribution in [3.8, 4) is 0 Å². The lowest BCUT2D eigenvalue weighted by Gasteiger charge is -2.37. The lowest BCUT2D eigenvalue weighted by Crippen LogP contribution is -2.37. The molecule has 0 spiro atoms. The molecule has 2 bridgehead atoms. The summed E-state index contributed by atoms with van der Waals surface area (Å²) in [4.78, 5) is 0. The van der Waals surface area contributed by atoms with E-state index in [1.54, 1.807) is 6.07 Å². The molecule has 0 aromatic heterocycles. The zero-order valence-corrected chi connectivity index (χ0v) is 7.39. The number of fused-ring (bicyclic) bond motifs is 1. The van der Waals surface area contributed by atoms with Crippen molar-refractivity contribution < 1.29 is 4.39 Å². The second-order valence-electron chi connectivity index (χ2n) is 4.28. The van der Waals surface area contributed by atoms with Gasteiger partial charge in [0, 0.05) is 18.0 Å². The van der Waals surface area contributed by atoms with Gasteiger partial charge in [0.25, 0.3) is 0 Å². The van der Waals surface area contributed by atoms with Crippen LogP contribution < -0.4 is 5.32 Å². The molecule has 1 nitrogen and oxygen atoms in total. The topological polar surface area (TPSA) is 12.0 Å². The summed E-state index contributed by atoms with van der Waals surface area (Å²) in [5.74, 6) is -0.109. The van der Waals surface area contributed by atoms with E-state index in [4.69, 9.17) is 0 Å². The zero-order valence-electron chi connectivity index (χ0n) is 7.39. The predicted octanol–water partition coefficient (Wildman–Crippen LogP) is 1.83. The molecule has 13 heavy (non-hydrogen) atoms. The Labute approximate surface area is 77.0 Å². The fraction of sp³-hybridized carbons (Fsp3) is 0.455. The summed E-state index contributed by atoms with van der Waals surface area (Å²) in [7, 11) is 0. The first-order chi connectivity index (χ1) is 6.28. The lowest BCUT2D eigenvalue weighted by atomic mass is 9.66. The van der Waals surface area contributed by atoms with E-state index >= 15 is 0 Å². The second-order valence-corrected chi connectivity index (χ2v) is 4.28. The van der Waals surface area contributed by atoms with Crippen LogP contribution in [-0.4, -0.2) is 12.6 Å². The van der Waals surface area contributed by atoms with Crippen LogP contribution in [0, 0.1) is 5.82 Å². The quantitative estimate of drug-likeness (QED) is 0.690. The molecule has 68 valence electrons. The van der Waals surface area contributed by atoms with Gasteiger partial charge in [-0.15, -0.1) is 0 Å². The number of halogens is 1. The minimum Gasteiger partial charge on any atom is -0.313 e. The van der Waals surface area contributed by atoms with E-state index in [0.29, 0.717) is 6.04 Å². The van der Waals surface area contributed by atoms with Gasteiger partial charge in [0.1, 0.15) is 5.82 Å². The van der Waals surface area contributed by atoms with Gasteiger partial charge in [0.2, 0.25) is 0 Å². The van der Waals surface area contributed by atoms with Gasteiger partial charge >= 0.3 is 0 Å². The summed E-state index contributed by atoms with van der Waals surface area (Å²) in [6, 6.07) is 7.75. The molecule has 1 aromatic rings. The standard InChI is InChI=1S/C11H12FN/c12-9-3-1-2-8(4-9)11-5-10(6-11)13-7-11/h1-4,10,13H,5-7H2. The highest BCUT2D eigenvalue weighted by Gasteiger charge is 2.51. The van der Waals surface area contributed by atoms with Crippen LogP contribution in [0.1, 0.15) is 18.4 Å². The molecule has 2 saturated heterocycles. The third-order valence-electron chi connectivity index (χ3n) is 3.44. The van der Waals surface area contributed by atoms with Crippen LogP contribution in [0.3, 0.4) is 0 Å². The van der Waals surface area contributed by atoms with Crippen molar-refractivity contribution >= 4 is 0 Å². The third-order valence-corrected chi connectivity index (χ3v) is 3.44. The van der Waals surface area contributed by atoms with E-state index in [2.05, 4.69) is 5.32 Å². The third kappa shape index (κ3) is 0.953. The Hall–Kier alpha value is -0.890. The zero-order chi connectivity index (χ0) is 8.89. The van der Waals surface area contributed by atoms with Crippen molar-refractivity contribution in [3.05, 3.63) is 35.6 Å². The highest BCUT2D eigenvalue weighted by Crippen LogP contribution is 2.48. The first-order valence-electron chi connectivity index (χ1n) is 4.78. The van der Waals surface area contributed by atoms with E-state index in [1.807, 2.05) is 12.1 Å². The highest BCUT2D eigenvalue weighted by atomic mass is 19.1. The molecule has 0 atom stereocenters. The minimum absolute atomic E-state index is 0.109. The largest absolute Gasteiger partial charge is 0.313 e. The Morgan fingerprint density at radius 2 is 2.23 bits per heavy atom. The molecule has 2 aliphatic heterocycles. The van der Waals surface area contributed by atoms with Crippen LogP contribution >= 0.6 is 0 Å². The van der Waals surface area contributed by atoms with Gasteiger partial charge in [-0.05, 0) is 30.5 Å². The van der Waals surface area contributed by atoms with E-state index in [0.717, 1.165) is 6.54 Å². The van der Waals surface area contributed by atoms with Crippen LogP contribution in [0.4, 0.5) is 4.39 Å². The van der Waals surface area contributed by atoms with Crippen LogP contribution in [0.5, 0.6) is 0 Å². The van der Waals surface area contributed by atoms with E-state index in [1.165, 1.54) is 24.5 Å². The van der Waals surface area contributed by atoms with Crippen molar-refractivity contribution in [2.45, 2.75) is 24.3 Å². The molecular weight excluding hydrogens is 165 g/mol. The van der Waals surface area contributed by atoms with Crippen LogP contribution in [0.2, 0.25) is 0 Å². The number of nitrogens with one attached hydrogen (secondary N) is 1. The average molecular weight is 177 g/mol. The highest BCUT2D eigenvalue weighted by molar-refractivity contribution is 5.33. The number of hydrogen-bond donors (Lipinski definition) is 1. The first-order valence-corrected chi connectivity index (χ1v) is 4.78. The van der Waals surface area contributed by atoms with E-state index < -0.39 is 0 Å². The Morgan fingerprint density at radius 3 is 2.85 bits per heavy atom. The van der Waals surface area contributed by atoms with Gasteiger partial charge in [-0.1, -0.05) is 12.1 Å². The summed E-state index contributed by atoms with van der Waals surface area (Å²) in [6.45, 7) is 1.03. The molecule has 1 N–H and O–H groups in total. The number of benzene rings is 1. The van der Waals surface area contributed by atoms with Gasteiger partial charge in [-0.25, -0.2) is 4.39 Å². The summed E-state index contributed by atoms with van der Waals surface area (Å²) < 4.78 is 13.0. The molecule has 4 rings (SSSR count). The Morgan fingerprint density at radius 1 is 1.38 bits per heavy atom. The molecule has 3 aliphatic rings. The summed E-state index contributed by atoms with van der Waals surface area (Å²) >= 11 is 0. The molecular formula is C11H12FN. The smallest absolute Gasteiger partial charge is 0.123 e. The fourth-order valence-electron chi connectivity index (χ4n) is 2.67. The van der Waals surface area contributed by atoms with Gasteiger partial charge in [0.05, 0.1) is 0 Å². The molecule has 0 radical (unpaired) electrons. The molecule has 1 aromatic carbocycles. The SMILES string of the molecule is Fc1cccc(C23CNC(C2)C3)c1. The molecule has 1 aliphatic carbocycles. The average Bonchev–Trinajstić information content (AvgIpc) is 2.61. The van der Waals surface area contributed by atoms with Crippen molar-refractivity contribution in [1.29, 1.82) is 0 Å². The Balaban J connectivity index is 2.00. The van der Waals surface area contributed by atoms with Gasteiger partial charge in [0.15, 0.2) is 0 Å². The van der Waals surface area contributed by atoms with Gasteiger partial charge in [-0.2, -0.15) is 0 Å². The first kappa shape index (κ1) is 7.51. The molecule has 0 unspecified atom stereocenters. The maximum Gasteiger partial charge on any atom is 0.123 e. The molecule has 1 saturated carbocycles. The fourth-order valence-corrected chi connectivity index (χ4v) is 2.67. The van der Waals surface area contributed by atoms with Crippen molar-refractivity contribution in [2.75, 3.05) is 6.54 Å². The monoisotopic (exact) mass is 177 g/mol. The minimum atomic E-state index is -0.109. The van der Waals surface area contributed by atoms with E-state index in [9.17, 15) is 4.39 Å². The molecule has 2 heterocycles. The second kappa shape index (κ2) is 2.32. The van der Waals surface area contributed by atoms with Crippen molar-refractivity contribution in [2.24, 2.45) is 0 Å². The van der Waals surface area contributed by atoms with E-state index in [-0.39, 0.29) is 11.2 Å². The maximum absolute atomic E-state index is 13.0. The molecule has 3 fully saturated rings.